The number of anilines is 1. The topological polar surface area (TPSA) is 105 Å². The van der Waals surface area contributed by atoms with Crippen LogP contribution >= 0.6 is 0 Å². The van der Waals surface area contributed by atoms with Crippen LogP contribution in [0.15, 0.2) is 23.1 Å². The molecule has 0 saturated carbocycles. The lowest BCUT2D eigenvalue weighted by molar-refractivity contribution is 0.0697. The summed E-state index contributed by atoms with van der Waals surface area (Å²) in [5, 5.41) is 12.4. The van der Waals surface area contributed by atoms with Gasteiger partial charge in [-0.25, -0.2) is 17.9 Å². The normalized spacial score (nSPS) is 14.3. The molecule has 0 fully saturated rings. The molecule has 0 bridgehead atoms. The van der Waals surface area contributed by atoms with Gasteiger partial charge < -0.3 is 15.2 Å². The number of rotatable bonds is 9. The van der Waals surface area contributed by atoms with Crippen LogP contribution in [0.25, 0.3) is 0 Å². The van der Waals surface area contributed by atoms with Crippen molar-refractivity contribution in [3.05, 3.63) is 23.8 Å². The standard InChI is InChI=1S/C15H24N2O5S/c1-5-10(2)16-14-7-6-12(8-13(14)15(18)19)23(20,21)17-11(3)9-22-4/h6-8,10-11,16-17H,5,9H2,1-4H3,(H,18,19)/t10-,11-/m0/s1. The summed E-state index contributed by atoms with van der Waals surface area (Å²) in [4.78, 5) is 11.3. The Morgan fingerprint density at radius 3 is 2.48 bits per heavy atom. The molecular weight excluding hydrogens is 320 g/mol. The van der Waals surface area contributed by atoms with Gasteiger partial charge in [-0.1, -0.05) is 6.92 Å². The number of hydrogen-bond donors (Lipinski definition) is 3. The van der Waals surface area contributed by atoms with Crippen molar-refractivity contribution in [1.82, 2.24) is 4.72 Å². The van der Waals surface area contributed by atoms with Gasteiger partial charge in [-0.2, -0.15) is 0 Å². The largest absolute Gasteiger partial charge is 0.478 e. The summed E-state index contributed by atoms with van der Waals surface area (Å²) in [6, 6.07) is 3.69. The van der Waals surface area contributed by atoms with Gasteiger partial charge in [0, 0.05) is 24.9 Å². The molecular formula is C15H24N2O5S. The highest BCUT2D eigenvalue weighted by Gasteiger charge is 2.21. The second kappa shape index (κ2) is 8.28. The molecule has 2 atom stereocenters. The average molecular weight is 344 g/mol. The predicted octanol–water partition coefficient (Wildman–Crippen LogP) is 1.91. The van der Waals surface area contributed by atoms with Gasteiger partial charge >= 0.3 is 5.97 Å². The molecule has 0 unspecified atom stereocenters. The molecule has 23 heavy (non-hydrogen) atoms. The molecule has 8 heteroatoms. The number of carboxylic acid groups (broad SMARTS) is 1. The highest BCUT2D eigenvalue weighted by atomic mass is 32.2. The Labute approximate surface area is 137 Å². The summed E-state index contributed by atoms with van der Waals surface area (Å²) in [6.45, 7) is 5.78. The molecule has 1 aromatic rings. The van der Waals surface area contributed by atoms with E-state index in [9.17, 15) is 18.3 Å². The zero-order chi connectivity index (χ0) is 17.6. The van der Waals surface area contributed by atoms with Crippen molar-refractivity contribution in [3.8, 4) is 0 Å². The van der Waals surface area contributed by atoms with E-state index in [0.717, 1.165) is 12.5 Å². The highest BCUT2D eigenvalue weighted by molar-refractivity contribution is 7.89. The van der Waals surface area contributed by atoms with Crippen LogP contribution in [0.5, 0.6) is 0 Å². The molecule has 0 aliphatic rings. The fraction of sp³-hybridized carbons (Fsp3) is 0.533. The number of methoxy groups -OCH3 is 1. The number of hydrogen-bond acceptors (Lipinski definition) is 5. The maximum absolute atomic E-state index is 12.3. The van der Waals surface area contributed by atoms with Crippen LogP contribution in [0.1, 0.15) is 37.6 Å². The minimum atomic E-state index is -3.81. The lowest BCUT2D eigenvalue weighted by atomic mass is 10.1. The molecule has 0 aromatic heterocycles. The third kappa shape index (κ3) is 5.49. The molecule has 0 aliphatic carbocycles. The maximum atomic E-state index is 12.3. The number of ether oxygens (including phenoxy) is 1. The number of sulfonamides is 1. The van der Waals surface area contributed by atoms with Crippen molar-refractivity contribution in [3.63, 3.8) is 0 Å². The molecule has 7 nitrogen and oxygen atoms in total. The van der Waals surface area contributed by atoms with E-state index >= 15 is 0 Å². The molecule has 3 N–H and O–H groups in total. The lowest BCUT2D eigenvalue weighted by Gasteiger charge is -2.17. The molecule has 1 rings (SSSR count). The summed E-state index contributed by atoms with van der Waals surface area (Å²) in [7, 11) is -2.33. The van der Waals surface area contributed by atoms with E-state index in [2.05, 4.69) is 10.0 Å². The van der Waals surface area contributed by atoms with Crippen molar-refractivity contribution in [2.24, 2.45) is 0 Å². The summed E-state index contributed by atoms with van der Waals surface area (Å²) in [5.41, 5.74) is 0.323. The van der Waals surface area contributed by atoms with Gasteiger partial charge in [0.15, 0.2) is 0 Å². The van der Waals surface area contributed by atoms with Gasteiger partial charge in [-0.3, -0.25) is 0 Å². The minimum absolute atomic E-state index is 0.0763. The fourth-order valence-electron chi connectivity index (χ4n) is 1.98. The number of benzene rings is 1. The Bertz CT molecular complexity index is 645. The van der Waals surface area contributed by atoms with E-state index in [1.54, 1.807) is 6.92 Å². The fourth-order valence-corrected chi connectivity index (χ4v) is 3.23. The lowest BCUT2D eigenvalue weighted by Crippen LogP contribution is -2.35. The molecule has 0 radical (unpaired) electrons. The first-order valence-corrected chi connectivity index (χ1v) is 8.84. The van der Waals surface area contributed by atoms with E-state index in [0.29, 0.717) is 5.69 Å². The molecule has 130 valence electrons. The minimum Gasteiger partial charge on any atom is -0.478 e. The molecule has 1 aromatic carbocycles. The van der Waals surface area contributed by atoms with Crippen molar-refractivity contribution in [2.45, 2.75) is 44.2 Å². The summed E-state index contributed by atoms with van der Waals surface area (Å²) < 4.78 is 31.9. The first-order valence-electron chi connectivity index (χ1n) is 7.36. The van der Waals surface area contributed by atoms with Crippen LogP contribution in [0, 0.1) is 0 Å². The van der Waals surface area contributed by atoms with Gasteiger partial charge in [-0.15, -0.1) is 0 Å². The van der Waals surface area contributed by atoms with Crippen LogP contribution in [-0.4, -0.2) is 45.3 Å². The summed E-state index contributed by atoms with van der Waals surface area (Å²) in [5.74, 6) is -1.18. The predicted molar refractivity (Wildman–Crippen MR) is 88.4 cm³/mol. The Morgan fingerprint density at radius 2 is 1.96 bits per heavy atom. The van der Waals surface area contributed by atoms with Gasteiger partial charge in [0.2, 0.25) is 10.0 Å². The van der Waals surface area contributed by atoms with Crippen molar-refractivity contribution in [1.29, 1.82) is 0 Å². The summed E-state index contributed by atoms with van der Waals surface area (Å²) >= 11 is 0. The van der Waals surface area contributed by atoms with Crippen LogP contribution < -0.4 is 10.0 Å². The third-order valence-electron chi connectivity index (χ3n) is 3.32. The zero-order valence-electron chi connectivity index (χ0n) is 13.8. The van der Waals surface area contributed by atoms with Crippen molar-refractivity contribution < 1.29 is 23.1 Å². The first-order chi connectivity index (χ1) is 10.7. The van der Waals surface area contributed by atoms with Crippen LogP contribution in [-0.2, 0) is 14.8 Å². The van der Waals surface area contributed by atoms with E-state index in [1.807, 2.05) is 13.8 Å². The van der Waals surface area contributed by atoms with Crippen LogP contribution in [0.4, 0.5) is 5.69 Å². The van der Waals surface area contributed by atoms with Crippen molar-refractivity contribution in [2.75, 3.05) is 19.0 Å². The number of nitrogens with one attached hydrogen (secondary N) is 2. The molecule has 0 amide bonds. The Hall–Kier alpha value is -1.64. The number of carboxylic acids is 1. The smallest absolute Gasteiger partial charge is 0.337 e. The first kappa shape index (κ1) is 19.4. The SMILES string of the molecule is CC[C@H](C)Nc1ccc(S(=O)(=O)N[C@@H](C)COC)cc1C(=O)O. The third-order valence-corrected chi connectivity index (χ3v) is 4.91. The van der Waals surface area contributed by atoms with Gasteiger partial charge in [0.1, 0.15) is 0 Å². The number of carbonyl (C=O) groups is 1. The van der Waals surface area contributed by atoms with Gasteiger partial charge in [0.25, 0.3) is 0 Å². The van der Waals surface area contributed by atoms with E-state index in [4.69, 9.17) is 4.74 Å². The Balaban J connectivity index is 3.14. The van der Waals surface area contributed by atoms with Gasteiger partial charge in [-0.05, 0) is 38.5 Å². The zero-order valence-corrected chi connectivity index (χ0v) is 14.6. The molecule has 0 saturated heterocycles. The monoisotopic (exact) mass is 344 g/mol. The van der Waals surface area contributed by atoms with E-state index in [1.165, 1.54) is 19.2 Å². The highest BCUT2D eigenvalue weighted by Crippen LogP contribution is 2.22. The van der Waals surface area contributed by atoms with E-state index < -0.39 is 22.0 Å². The molecule has 0 spiro atoms. The molecule has 0 aliphatic heterocycles. The van der Waals surface area contributed by atoms with E-state index in [-0.39, 0.29) is 23.1 Å². The second-order valence-electron chi connectivity index (χ2n) is 5.44. The number of aromatic carboxylic acids is 1. The second-order valence-corrected chi connectivity index (χ2v) is 7.16. The maximum Gasteiger partial charge on any atom is 0.337 e. The average Bonchev–Trinajstić information content (AvgIpc) is 2.46. The Kier molecular flexibility index (Phi) is 6.99. The van der Waals surface area contributed by atoms with Crippen LogP contribution in [0.3, 0.4) is 0 Å². The quantitative estimate of drug-likeness (QED) is 0.632. The van der Waals surface area contributed by atoms with Crippen LogP contribution in [0.2, 0.25) is 0 Å². The summed E-state index contributed by atoms with van der Waals surface area (Å²) in [6.07, 6.45) is 0.815. The Morgan fingerprint density at radius 1 is 1.30 bits per heavy atom. The van der Waals surface area contributed by atoms with Gasteiger partial charge in [0.05, 0.1) is 17.1 Å². The molecule has 0 heterocycles. The van der Waals surface area contributed by atoms with Crippen molar-refractivity contribution >= 4 is 21.7 Å².